The summed E-state index contributed by atoms with van der Waals surface area (Å²) in [4.78, 5) is 59.1. The van der Waals surface area contributed by atoms with E-state index in [0.717, 1.165) is 0 Å². The molecule has 0 unspecified atom stereocenters. The van der Waals surface area contributed by atoms with Crippen LogP contribution in [0.2, 0.25) is 0 Å². The molecule has 0 spiro atoms. The molecule has 0 amide bonds. The Morgan fingerprint density at radius 3 is 1.63 bits per heavy atom. The molecule has 41 heavy (non-hydrogen) atoms. The molecule has 1 aliphatic rings. The SMILES string of the molecule is O=C(O)CN1CCN(CC(=O)O)CCN(Cc2ccc3c(=O)c4ccccc4oc3n2)CCN(CC(=O)O)CC1.[Tb+4]. The van der Waals surface area contributed by atoms with Crippen molar-refractivity contribution >= 4 is 40.0 Å². The molecule has 0 saturated carbocycles. The fourth-order valence-corrected chi connectivity index (χ4v) is 4.82. The van der Waals surface area contributed by atoms with E-state index in [1.807, 2.05) is 0 Å². The minimum atomic E-state index is -1.00. The fraction of sp³-hybridized carbons (Fsp3) is 0.444. The molecule has 0 bridgehead atoms. The van der Waals surface area contributed by atoms with Gasteiger partial charge in [0.25, 0.3) is 0 Å². The van der Waals surface area contributed by atoms with Gasteiger partial charge in [0, 0.05) is 58.9 Å². The Bertz CT molecular complexity index is 1400. The molecule has 1 saturated heterocycles. The number of fused-ring (bicyclic) bond motifs is 2. The third-order valence-electron chi connectivity index (χ3n) is 6.89. The number of benzene rings is 1. The molecule has 13 nitrogen and oxygen atoms in total. The van der Waals surface area contributed by atoms with Crippen molar-refractivity contribution in [2.45, 2.75) is 6.54 Å². The Morgan fingerprint density at radius 1 is 0.683 bits per heavy atom. The van der Waals surface area contributed by atoms with Crippen molar-refractivity contribution < 1.29 is 72.7 Å². The third-order valence-corrected chi connectivity index (χ3v) is 6.89. The van der Waals surface area contributed by atoms with Gasteiger partial charge in [0.05, 0.1) is 36.1 Å². The van der Waals surface area contributed by atoms with Crippen LogP contribution in [0.5, 0.6) is 0 Å². The van der Waals surface area contributed by atoms with Gasteiger partial charge in [0.1, 0.15) is 5.58 Å². The van der Waals surface area contributed by atoms with E-state index >= 15 is 0 Å². The zero-order chi connectivity index (χ0) is 28.6. The predicted molar refractivity (Wildman–Crippen MR) is 145 cm³/mol. The van der Waals surface area contributed by atoms with Crippen molar-refractivity contribution in [2.24, 2.45) is 0 Å². The summed E-state index contributed by atoms with van der Waals surface area (Å²) in [7, 11) is 0. The van der Waals surface area contributed by atoms with E-state index in [1.54, 1.807) is 51.1 Å². The van der Waals surface area contributed by atoms with Crippen LogP contribution in [-0.4, -0.2) is 130 Å². The van der Waals surface area contributed by atoms with E-state index in [0.29, 0.717) is 81.0 Å². The van der Waals surface area contributed by atoms with E-state index in [9.17, 15) is 34.5 Å². The average molecular weight is 715 g/mol. The maximum Gasteiger partial charge on any atom is 4.00 e. The van der Waals surface area contributed by atoms with Gasteiger partial charge in [-0.2, -0.15) is 0 Å². The van der Waals surface area contributed by atoms with Gasteiger partial charge < -0.3 is 19.7 Å². The molecule has 1 aliphatic heterocycles. The molecule has 3 aromatic rings. The van der Waals surface area contributed by atoms with Crippen molar-refractivity contribution in [1.29, 1.82) is 0 Å². The van der Waals surface area contributed by atoms with Crippen LogP contribution in [-0.2, 0) is 20.9 Å². The van der Waals surface area contributed by atoms with Crippen molar-refractivity contribution in [3.8, 4) is 0 Å². The molecule has 3 N–H and O–H groups in total. The molecule has 2 aromatic heterocycles. The molecule has 0 aliphatic carbocycles. The number of aliphatic carboxylic acids is 3. The van der Waals surface area contributed by atoms with Crippen LogP contribution in [0.1, 0.15) is 5.69 Å². The van der Waals surface area contributed by atoms with E-state index in [2.05, 4.69) is 9.88 Å². The number of nitrogens with zero attached hydrogens (tertiary/aromatic N) is 5. The second-order valence-corrected chi connectivity index (χ2v) is 9.87. The molecular formula is C27H33N5O8Tb+4. The number of hydrogen-bond acceptors (Lipinski definition) is 10. The number of para-hydroxylation sites is 1. The minimum absolute atomic E-state index is 0. The first-order chi connectivity index (χ1) is 19.2. The molecule has 0 atom stereocenters. The number of carboxylic acids is 3. The molecule has 1 aromatic carbocycles. The van der Waals surface area contributed by atoms with Crippen molar-refractivity contribution in [2.75, 3.05) is 72.0 Å². The summed E-state index contributed by atoms with van der Waals surface area (Å²) in [6.45, 7) is 2.88. The van der Waals surface area contributed by atoms with E-state index in [1.165, 1.54) is 0 Å². The van der Waals surface area contributed by atoms with E-state index in [4.69, 9.17) is 4.42 Å². The smallest absolute Gasteiger partial charge is 0.480 e. The Morgan fingerprint density at radius 2 is 1.15 bits per heavy atom. The fourth-order valence-electron chi connectivity index (χ4n) is 4.82. The minimum Gasteiger partial charge on any atom is -0.480 e. The molecule has 219 valence electrons. The van der Waals surface area contributed by atoms with Gasteiger partial charge in [-0.3, -0.25) is 38.8 Å². The Hall–Kier alpha value is -2.62. The number of aromatic nitrogens is 1. The first-order valence-corrected chi connectivity index (χ1v) is 13.0. The number of carboxylic acid groups (broad SMARTS) is 3. The second kappa shape index (κ2) is 15.6. The van der Waals surface area contributed by atoms with Gasteiger partial charge >= 0.3 is 56.5 Å². The van der Waals surface area contributed by atoms with Crippen LogP contribution in [0, 0.1) is 38.6 Å². The Balaban J connectivity index is 0.00000462. The quantitative estimate of drug-likeness (QED) is 0.273. The number of hydrogen-bond donors (Lipinski definition) is 3. The molecule has 14 heteroatoms. The average Bonchev–Trinajstić information content (AvgIpc) is 2.89. The topological polar surface area (TPSA) is 168 Å². The van der Waals surface area contributed by atoms with Gasteiger partial charge in [0.15, 0.2) is 0 Å². The largest absolute Gasteiger partial charge is 4.00 e. The third kappa shape index (κ3) is 9.72. The summed E-state index contributed by atoms with van der Waals surface area (Å²) in [6.07, 6.45) is 0. The molecule has 4 rings (SSSR count). The molecule has 1 radical (unpaired) electrons. The molecule has 1 fully saturated rings. The first-order valence-electron chi connectivity index (χ1n) is 13.0. The molecule has 3 heterocycles. The maximum absolute atomic E-state index is 12.9. The summed E-state index contributed by atoms with van der Waals surface area (Å²) < 4.78 is 5.90. The van der Waals surface area contributed by atoms with Crippen molar-refractivity contribution in [3.05, 3.63) is 52.3 Å². The van der Waals surface area contributed by atoms with Crippen LogP contribution in [0.25, 0.3) is 22.1 Å². The summed E-state index contributed by atoms with van der Waals surface area (Å²) in [6, 6.07) is 10.4. The number of carbonyl (C=O) groups is 3. The molecular weight excluding hydrogens is 681 g/mol. The van der Waals surface area contributed by atoms with Gasteiger partial charge in [-0.25, -0.2) is 4.98 Å². The summed E-state index contributed by atoms with van der Waals surface area (Å²) in [5.74, 6) is -2.96. The van der Waals surface area contributed by atoms with E-state index < -0.39 is 17.9 Å². The van der Waals surface area contributed by atoms with E-state index in [-0.39, 0.29) is 69.4 Å². The number of pyridine rings is 1. The van der Waals surface area contributed by atoms with Crippen LogP contribution in [0.15, 0.2) is 45.6 Å². The summed E-state index contributed by atoms with van der Waals surface area (Å²) >= 11 is 0. The van der Waals surface area contributed by atoms with Crippen LogP contribution in [0.4, 0.5) is 0 Å². The van der Waals surface area contributed by atoms with Crippen LogP contribution >= 0.6 is 0 Å². The Labute approximate surface area is 266 Å². The summed E-state index contributed by atoms with van der Waals surface area (Å²) in [5, 5.41) is 29.0. The second-order valence-electron chi connectivity index (χ2n) is 9.87. The van der Waals surface area contributed by atoms with Gasteiger partial charge in [0.2, 0.25) is 11.1 Å². The maximum atomic E-state index is 12.9. The standard InChI is InChI=1S/C27H33N5O8.Tb/c33-23(34)16-30-9-7-29(8-10-31(17-24(35)36)12-14-32(13-11-30)18-25(37)38)15-19-5-6-21-26(39)20-3-1-2-4-22(20)40-27(21)28-19;/h1-6H,7-18H2,(H,33,34)(H,35,36)(H,37,38);/q;+4. The zero-order valence-electron chi connectivity index (χ0n) is 22.4. The monoisotopic (exact) mass is 714 g/mol. The Kier molecular flexibility index (Phi) is 12.5. The van der Waals surface area contributed by atoms with Crippen molar-refractivity contribution in [1.82, 2.24) is 24.6 Å². The van der Waals surface area contributed by atoms with Gasteiger partial charge in [-0.05, 0) is 24.3 Å². The zero-order valence-corrected chi connectivity index (χ0v) is 24.5. The van der Waals surface area contributed by atoms with Crippen LogP contribution in [0.3, 0.4) is 0 Å². The predicted octanol–water partition coefficient (Wildman–Crippen LogP) is 0.317. The number of rotatable bonds is 8. The van der Waals surface area contributed by atoms with Gasteiger partial charge in [-0.15, -0.1) is 0 Å². The van der Waals surface area contributed by atoms with Crippen LogP contribution < -0.4 is 5.43 Å². The summed E-state index contributed by atoms with van der Waals surface area (Å²) in [5.41, 5.74) is 1.17. The van der Waals surface area contributed by atoms with Crippen molar-refractivity contribution in [3.63, 3.8) is 0 Å². The first kappa shape index (κ1) is 32.9. The normalized spacial score (nSPS) is 17.0. The van der Waals surface area contributed by atoms with Gasteiger partial charge in [-0.1, -0.05) is 12.1 Å².